The van der Waals surface area contributed by atoms with Crippen molar-refractivity contribution in [3.05, 3.63) is 58.1 Å². The van der Waals surface area contributed by atoms with Crippen LogP contribution in [0.15, 0.2) is 52.0 Å². The Morgan fingerprint density at radius 3 is 2.69 bits per heavy atom. The van der Waals surface area contributed by atoms with Gasteiger partial charge >= 0.3 is 0 Å². The van der Waals surface area contributed by atoms with Gasteiger partial charge in [-0.3, -0.25) is 9.59 Å². The first kappa shape index (κ1) is 19.7. The van der Waals surface area contributed by atoms with E-state index in [0.29, 0.717) is 23.6 Å². The van der Waals surface area contributed by atoms with Gasteiger partial charge in [-0.15, -0.1) is 0 Å². The van der Waals surface area contributed by atoms with Gasteiger partial charge in [-0.05, 0) is 43.7 Å². The molecule has 0 spiro atoms. The molecule has 7 heteroatoms. The number of halogens is 1. The molecule has 136 valence electrons. The normalized spacial score (nSPS) is 10.6. The number of hydrazone groups is 1. The predicted molar refractivity (Wildman–Crippen MR) is 105 cm³/mol. The van der Waals surface area contributed by atoms with Crippen molar-refractivity contribution in [2.75, 3.05) is 11.9 Å². The quantitative estimate of drug-likeness (QED) is 0.410. The van der Waals surface area contributed by atoms with Gasteiger partial charge in [0.1, 0.15) is 12.2 Å². The second-order valence-electron chi connectivity index (χ2n) is 5.45. The molecule has 2 N–H and O–H groups in total. The third kappa shape index (κ3) is 6.00. The van der Waals surface area contributed by atoms with Crippen LogP contribution in [0.5, 0.6) is 5.75 Å². The zero-order valence-corrected chi connectivity index (χ0v) is 16.2. The fourth-order valence-corrected chi connectivity index (χ4v) is 2.55. The molecule has 0 aromatic heterocycles. The van der Waals surface area contributed by atoms with Crippen LogP contribution in [0.25, 0.3) is 0 Å². The summed E-state index contributed by atoms with van der Waals surface area (Å²) in [5, 5.41) is 6.60. The minimum atomic E-state index is -0.500. The lowest BCUT2D eigenvalue weighted by Crippen LogP contribution is -2.24. The third-order valence-corrected chi connectivity index (χ3v) is 3.90. The first-order valence-electron chi connectivity index (χ1n) is 8.09. The first-order valence-corrected chi connectivity index (χ1v) is 8.88. The molecule has 2 amide bonds. The molecular formula is C19H20BrN3O3. The summed E-state index contributed by atoms with van der Waals surface area (Å²) < 4.78 is 6.37. The number of para-hydroxylation sites is 1. The number of nitrogens with one attached hydrogen (secondary N) is 2. The highest BCUT2D eigenvalue weighted by Crippen LogP contribution is 2.21. The van der Waals surface area contributed by atoms with E-state index < -0.39 is 11.8 Å². The standard InChI is InChI=1S/C19H20BrN3O3/c1-3-26-17-9-8-15(20)10-14(17)12-21-23-19(25)11-18(24)22-16-7-5-4-6-13(16)2/h4-10,12H,3,11H2,1-2H3,(H,22,24)(H,23,25). The van der Waals surface area contributed by atoms with Crippen LogP contribution in [0.4, 0.5) is 5.69 Å². The van der Waals surface area contributed by atoms with Crippen molar-refractivity contribution in [2.24, 2.45) is 5.10 Å². The Kier molecular flexibility index (Phi) is 7.35. The largest absolute Gasteiger partial charge is 0.493 e. The monoisotopic (exact) mass is 417 g/mol. The number of hydrogen-bond donors (Lipinski definition) is 2. The third-order valence-electron chi connectivity index (χ3n) is 3.40. The summed E-state index contributed by atoms with van der Waals surface area (Å²) in [7, 11) is 0. The Balaban J connectivity index is 1.90. The summed E-state index contributed by atoms with van der Waals surface area (Å²) in [6.07, 6.45) is 1.16. The van der Waals surface area contributed by atoms with Crippen molar-refractivity contribution in [1.29, 1.82) is 0 Å². The highest BCUT2D eigenvalue weighted by Gasteiger charge is 2.10. The molecule has 2 rings (SSSR count). The van der Waals surface area contributed by atoms with Gasteiger partial charge in [0, 0.05) is 15.7 Å². The number of carbonyl (C=O) groups excluding carboxylic acids is 2. The van der Waals surface area contributed by atoms with Crippen molar-refractivity contribution in [3.63, 3.8) is 0 Å². The molecule has 0 aliphatic carbocycles. The predicted octanol–water partition coefficient (Wildman–Crippen LogP) is 3.64. The molecule has 0 atom stereocenters. The average molecular weight is 418 g/mol. The van der Waals surface area contributed by atoms with E-state index in [9.17, 15) is 9.59 Å². The van der Waals surface area contributed by atoms with E-state index >= 15 is 0 Å². The Bertz CT molecular complexity index is 821. The van der Waals surface area contributed by atoms with E-state index in [1.54, 1.807) is 6.07 Å². The number of carbonyl (C=O) groups is 2. The Labute approximate surface area is 160 Å². The fourth-order valence-electron chi connectivity index (χ4n) is 2.17. The SMILES string of the molecule is CCOc1ccc(Br)cc1C=NNC(=O)CC(=O)Nc1ccccc1C. The van der Waals surface area contributed by atoms with Crippen molar-refractivity contribution in [1.82, 2.24) is 5.43 Å². The van der Waals surface area contributed by atoms with Gasteiger partial charge in [-0.25, -0.2) is 5.43 Å². The van der Waals surface area contributed by atoms with E-state index in [1.807, 2.05) is 50.2 Å². The molecule has 0 bridgehead atoms. The number of nitrogens with zero attached hydrogens (tertiary/aromatic N) is 1. The zero-order valence-electron chi connectivity index (χ0n) is 14.6. The van der Waals surface area contributed by atoms with Crippen LogP contribution in [0.1, 0.15) is 24.5 Å². The van der Waals surface area contributed by atoms with Crippen LogP contribution < -0.4 is 15.5 Å². The van der Waals surface area contributed by atoms with Crippen molar-refractivity contribution >= 4 is 39.6 Å². The fraction of sp³-hybridized carbons (Fsp3) is 0.211. The molecule has 2 aromatic rings. The van der Waals surface area contributed by atoms with Crippen LogP contribution in [0.3, 0.4) is 0 Å². The number of ether oxygens (including phenoxy) is 1. The molecule has 0 heterocycles. The molecule has 0 fully saturated rings. The molecule has 0 saturated heterocycles. The number of amides is 2. The maximum atomic E-state index is 11.9. The minimum Gasteiger partial charge on any atom is -0.493 e. The van der Waals surface area contributed by atoms with Gasteiger partial charge in [0.25, 0.3) is 0 Å². The lowest BCUT2D eigenvalue weighted by molar-refractivity contribution is -0.126. The summed E-state index contributed by atoms with van der Waals surface area (Å²) in [6, 6.07) is 12.9. The topological polar surface area (TPSA) is 79.8 Å². The number of aryl methyl sites for hydroxylation is 1. The number of anilines is 1. The molecule has 0 radical (unpaired) electrons. The van der Waals surface area contributed by atoms with Crippen LogP contribution in [0.2, 0.25) is 0 Å². The average Bonchev–Trinajstić information content (AvgIpc) is 2.59. The van der Waals surface area contributed by atoms with E-state index in [4.69, 9.17) is 4.74 Å². The maximum absolute atomic E-state index is 11.9. The van der Waals surface area contributed by atoms with Gasteiger partial charge in [0.15, 0.2) is 0 Å². The molecule has 6 nitrogen and oxygen atoms in total. The van der Waals surface area contributed by atoms with E-state index in [-0.39, 0.29) is 6.42 Å². The number of benzene rings is 2. The summed E-state index contributed by atoms with van der Waals surface area (Å²) in [5.74, 6) is -0.240. The zero-order chi connectivity index (χ0) is 18.9. The van der Waals surface area contributed by atoms with Crippen LogP contribution in [0, 0.1) is 6.92 Å². The summed E-state index contributed by atoms with van der Waals surface area (Å²) in [4.78, 5) is 23.8. The van der Waals surface area contributed by atoms with Crippen molar-refractivity contribution < 1.29 is 14.3 Å². The summed E-state index contributed by atoms with van der Waals surface area (Å²) in [5.41, 5.74) is 4.68. The molecule has 0 unspecified atom stereocenters. The Morgan fingerprint density at radius 1 is 1.19 bits per heavy atom. The van der Waals surface area contributed by atoms with Crippen molar-refractivity contribution in [2.45, 2.75) is 20.3 Å². The molecule has 0 aliphatic heterocycles. The van der Waals surface area contributed by atoms with Gasteiger partial charge < -0.3 is 10.1 Å². The lowest BCUT2D eigenvalue weighted by atomic mass is 10.2. The van der Waals surface area contributed by atoms with Crippen LogP contribution in [-0.2, 0) is 9.59 Å². The number of hydrogen-bond acceptors (Lipinski definition) is 4. The van der Waals surface area contributed by atoms with Gasteiger partial charge in [-0.2, -0.15) is 5.10 Å². The molecular weight excluding hydrogens is 398 g/mol. The highest BCUT2D eigenvalue weighted by molar-refractivity contribution is 9.10. The van der Waals surface area contributed by atoms with E-state index in [1.165, 1.54) is 6.21 Å². The van der Waals surface area contributed by atoms with E-state index in [2.05, 4.69) is 31.8 Å². The molecule has 0 aliphatic rings. The van der Waals surface area contributed by atoms with Gasteiger partial charge in [0.2, 0.25) is 11.8 Å². The second-order valence-corrected chi connectivity index (χ2v) is 6.36. The van der Waals surface area contributed by atoms with Crippen LogP contribution in [-0.4, -0.2) is 24.6 Å². The molecule has 2 aromatic carbocycles. The Hall–Kier alpha value is -2.67. The summed E-state index contributed by atoms with van der Waals surface area (Å²) >= 11 is 3.38. The second kappa shape index (κ2) is 9.72. The maximum Gasteiger partial charge on any atom is 0.249 e. The highest BCUT2D eigenvalue weighted by atomic mass is 79.9. The number of rotatable bonds is 7. The molecule has 26 heavy (non-hydrogen) atoms. The Morgan fingerprint density at radius 2 is 1.96 bits per heavy atom. The van der Waals surface area contributed by atoms with Gasteiger partial charge in [-0.1, -0.05) is 34.1 Å². The van der Waals surface area contributed by atoms with Crippen molar-refractivity contribution in [3.8, 4) is 5.75 Å². The summed E-state index contributed by atoms with van der Waals surface area (Å²) in [6.45, 7) is 4.29. The van der Waals surface area contributed by atoms with Gasteiger partial charge in [0.05, 0.1) is 12.8 Å². The van der Waals surface area contributed by atoms with E-state index in [0.717, 1.165) is 10.0 Å². The van der Waals surface area contributed by atoms with Crippen LogP contribution >= 0.6 is 15.9 Å². The minimum absolute atomic E-state index is 0.317. The first-order chi connectivity index (χ1) is 12.5. The molecule has 0 saturated carbocycles. The lowest BCUT2D eigenvalue weighted by Gasteiger charge is -2.08. The smallest absolute Gasteiger partial charge is 0.249 e.